The van der Waals surface area contributed by atoms with E-state index in [1.807, 2.05) is 0 Å². The average molecular weight is 417 g/mol. The van der Waals surface area contributed by atoms with Crippen LogP contribution in [-0.4, -0.2) is 52.4 Å². The van der Waals surface area contributed by atoms with Crippen molar-refractivity contribution in [3.05, 3.63) is 66.7 Å². The minimum atomic E-state index is -3.73. The third kappa shape index (κ3) is 6.44. The lowest BCUT2D eigenvalue weighted by Gasteiger charge is -2.12. The first kappa shape index (κ1) is 22.1. The molecule has 0 saturated heterocycles. The summed E-state index contributed by atoms with van der Waals surface area (Å²) in [5, 5.41) is 2.69. The highest BCUT2D eigenvalue weighted by Gasteiger charge is 2.15. The van der Waals surface area contributed by atoms with Gasteiger partial charge in [0.15, 0.2) is 6.61 Å². The lowest BCUT2D eigenvalue weighted by atomic mass is 10.2. The van der Waals surface area contributed by atoms with E-state index in [0.29, 0.717) is 11.4 Å². The molecule has 9 heteroatoms. The van der Waals surface area contributed by atoms with Crippen molar-refractivity contribution in [2.45, 2.75) is 4.90 Å². The number of carbonyl (C=O) groups excluding carboxylic acids is 2. The van der Waals surface area contributed by atoms with Crippen molar-refractivity contribution in [1.82, 2.24) is 9.62 Å². The van der Waals surface area contributed by atoms with Crippen LogP contribution in [0.1, 0.15) is 10.4 Å². The Bertz CT molecular complexity index is 985. The van der Waals surface area contributed by atoms with E-state index in [4.69, 9.17) is 4.74 Å². The van der Waals surface area contributed by atoms with Crippen LogP contribution in [0.3, 0.4) is 0 Å². The molecule has 2 amide bonds. The molecular formula is C20H23N3O5S. The maximum absolute atomic E-state index is 12.5. The zero-order valence-electron chi connectivity index (χ0n) is 16.2. The molecule has 0 bridgehead atoms. The Morgan fingerprint density at radius 2 is 1.83 bits per heavy atom. The van der Waals surface area contributed by atoms with E-state index >= 15 is 0 Å². The van der Waals surface area contributed by atoms with Crippen LogP contribution in [0.15, 0.2) is 66.1 Å². The van der Waals surface area contributed by atoms with Gasteiger partial charge in [0.25, 0.3) is 11.8 Å². The largest absolute Gasteiger partial charge is 0.484 e. The highest BCUT2D eigenvalue weighted by molar-refractivity contribution is 7.89. The quantitative estimate of drug-likeness (QED) is 0.606. The average Bonchev–Trinajstić information content (AvgIpc) is 2.71. The number of amides is 2. The van der Waals surface area contributed by atoms with Crippen LogP contribution in [0.25, 0.3) is 0 Å². The molecule has 2 N–H and O–H groups in total. The zero-order chi connectivity index (χ0) is 21.4. The van der Waals surface area contributed by atoms with Crippen LogP contribution in [0, 0.1) is 0 Å². The van der Waals surface area contributed by atoms with Gasteiger partial charge in [-0.2, -0.15) is 0 Å². The molecule has 0 fully saturated rings. The summed E-state index contributed by atoms with van der Waals surface area (Å²) >= 11 is 0. The summed E-state index contributed by atoms with van der Waals surface area (Å²) in [6, 6.07) is 12.2. The van der Waals surface area contributed by atoms with Crippen molar-refractivity contribution in [1.29, 1.82) is 0 Å². The maximum Gasteiger partial charge on any atom is 0.259 e. The molecule has 0 aliphatic heterocycles. The second-order valence-corrected chi connectivity index (χ2v) is 7.99. The molecule has 154 valence electrons. The lowest BCUT2D eigenvalue weighted by molar-refractivity contribution is -0.130. The van der Waals surface area contributed by atoms with Crippen molar-refractivity contribution >= 4 is 27.5 Å². The van der Waals surface area contributed by atoms with Gasteiger partial charge >= 0.3 is 0 Å². The number of benzene rings is 2. The number of hydrogen-bond acceptors (Lipinski definition) is 5. The van der Waals surface area contributed by atoms with Gasteiger partial charge in [0, 0.05) is 31.9 Å². The highest BCUT2D eigenvalue weighted by atomic mass is 32.2. The Labute approximate surface area is 170 Å². The fraction of sp³-hybridized carbons (Fsp3) is 0.200. The van der Waals surface area contributed by atoms with Crippen molar-refractivity contribution < 1.29 is 22.7 Å². The molecule has 2 aromatic rings. The number of rotatable bonds is 9. The van der Waals surface area contributed by atoms with Crippen LogP contribution in [0.2, 0.25) is 0 Å². The van der Waals surface area contributed by atoms with E-state index in [1.165, 1.54) is 35.2 Å². The minimum Gasteiger partial charge on any atom is -0.484 e. The van der Waals surface area contributed by atoms with Crippen LogP contribution < -0.4 is 14.8 Å². The smallest absolute Gasteiger partial charge is 0.259 e. The van der Waals surface area contributed by atoms with Gasteiger partial charge in [-0.05, 0) is 42.5 Å². The molecule has 0 spiro atoms. The summed E-state index contributed by atoms with van der Waals surface area (Å²) in [6.45, 7) is 3.47. The molecule has 0 aromatic heterocycles. The Morgan fingerprint density at radius 1 is 1.14 bits per heavy atom. The molecule has 0 radical (unpaired) electrons. The third-order valence-corrected chi connectivity index (χ3v) is 5.22. The SMILES string of the molecule is C=CCNS(=O)(=O)c1cccc(C(=O)Nc2ccc(OCC(=O)N(C)C)cc2)c1. The van der Waals surface area contributed by atoms with Gasteiger partial charge in [-0.15, -0.1) is 6.58 Å². The number of anilines is 1. The molecular weight excluding hydrogens is 394 g/mol. The summed E-state index contributed by atoms with van der Waals surface area (Å²) in [6.07, 6.45) is 1.43. The third-order valence-electron chi connectivity index (χ3n) is 3.80. The van der Waals surface area contributed by atoms with Crippen molar-refractivity contribution in [3.8, 4) is 5.75 Å². The summed E-state index contributed by atoms with van der Waals surface area (Å²) in [5.41, 5.74) is 0.697. The van der Waals surface area contributed by atoms with Crippen LogP contribution in [-0.2, 0) is 14.8 Å². The van der Waals surface area contributed by atoms with Gasteiger partial charge in [-0.1, -0.05) is 12.1 Å². The Balaban J connectivity index is 2.04. The Morgan fingerprint density at radius 3 is 2.45 bits per heavy atom. The van der Waals surface area contributed by atoms with Crippen LogP contribution >= 0.6 is 0 Å². The molecule has 8 nitrogen and oxygen atoms in total. The van der Waals surface area contributed by atoms with Crippen molar-refractivity contribution in [2.24, 2.45) is 0 Å². The van der Waals surface area contributed by atoms with E-state index in [1.54, 1.807) is 38.4 Å². The molecule has 0 saturated carbocycles. The van der Waals surface area contributed by atoms with E-state index < -0.39 is 15.9 Å². The van der Waals surface area contributed by atoms with Gasteiger partial charge in [0.05, 0.1) is 4.90 Å². The zero-order valence-corrected chi connectivity index (χ0v) is 17.0. The summed E-state index contributed by atoms with van der Waals surface area (Å²) in [5.74, 6) is -0.137. The van der Waals surface area contributed by atoms with Gasteiger partial charge in [0.2, 0.25) is 10.0 Å². The predicted octanol–water partition coefficient (Wildman–Crippen LogP) is 1.87. The molecule has 0 atom stereocenters. The molecule has 0 aliphatic carbocycles. The topological polar surface area (TPSA) is 105 Å². The lowest BCUT2D eigenvalue weighted by Crippen LogP contribution is -2.27. The van der Waals surface area contributed by atoms with E-state index in [9.17, 15) is 18.0 Å². The fourth-order valence-electron chi connectivity index (χ4n) is 2.17. The second-order valence-electron chi connectivity index (χ2n) is 6.22. The van der Waals surface area contributed by atoms with Crippen molar-refractivity contribution in [2.75, 3.05) is 32.6 Å². The second kappa shape index (κ2) is 9.85. The molecule has 2 aromatic carbocycles. The standard InChI is InChI=1S/C20H23N3O5S/c1-4-12-21-29(26,27)18-7-5-6-15(13-18)20(25)22-16-8-10-17(11-9-16)28-14-19(24)23(2)3/h4-11,13,21H,1,12,14H2,2-3H3,(H,22,25). The van der Waals surface area contributed by atoms with E-state index in [0.717, 1.165) is 0 Å². The Hall–Kier alpha value is -3.17. The first-order valence-electron chi connectivity index (χ1n) is 8.68. The number of hydrogen-bond donors (Lipinski definition) is 2. The molecule has 29 heavy (non-hydrogen) atoms. The predicted molar refractivity (Wildman–Crippen MR) is 110 cm³/mol. The normalized spacial score (nSPS) is 10.8. The number of likely N-dealkylation sites (N-methyl/N-ethyl adjacent to an activating group) is 1. The summed E-state index contributed by atoms with van der Waals surface area (Å²) in [7, 11) is -0.447. The molecule has 0 heterocycles. The fourth-order valence-corrected chi connectivity index (χ4v) is 3.21. The molecule has 0 aliphatic rings. The van der Waals surface area contributed by atoms with Gasteiger partial charge < -0.3 is 15.0 Å². The first-order chi connectivity index (χ1) is 13.7. The number of ether oxygens (including phenoxy) is 1. The van der Waals surface area contributed by atoms with Crippen LogP contribution in [0.5, 0.6) is 5.75 Å². The molecule has 2 rings (SSSR count). The van der Waals surface area contributed by atoms with Gasteiger partial charge in [-0.3, -0.25) is 9.59 Å². The maximum atomic E-state index is 12.5. The number of carbonyl (C=O) groups is 2. The number of sulfonamides is 1. The highest BCUT2D eigenvalue weighted by Crippen LogP contribution is 2.18. The minimum absolute atomic E-state index is 0.0127. The number of nitrogens with zero attached hydrogens (tertiary/aromatic N) is 1. The summed E-state index contributed by atoms with van der Waals surface area (Å²) < 4.78 is 32.1. The van der Waals surface area contributed by atoms with Gasteiger partial charge in [-0.25, -0.2) is 13.1 Å². The van der Waals surface area contributed by atoms with E-state index in [-0.39, 0.29) is 29.5 Å². The van der Waals surface area contributed by atoms with Crippen LogP contribution in [0.4, 0.5) is 5.69 Å². The first-order valence-corrected chi connectivity index (χ1v) is 10.2. The van der Waals surface area contributed by atoms with E-state index in [2.05, 4.69) is 16.6 Å². The summed E-state index contributed by atoms with van der Waals surface area (Å²) in [4.78, 5) is 25.4. The van der Waals surface area contributed by atoms with Crippen molar-refractivity contribution in [3.63, 3.8) is 0 Å². The van der Waals surface area contributed by atoms with Gasteiger partial charge in [0.1, 0.15) is 5.75 Å². The molecule has 0 unspecified atom stereocenters. The monoisotopic (exact) mass is 417 g/mol. The Kier molecular flexibility index (Phi) is 7.52. The number of nitrogens with one attached hydrogen (secondary N) is 2.